The van der Waals surface area contributed by atoms with E-state index in [1.54, 1.807) is 13.0 Å². The van der Waals surface area contributed by atoms with E-state index in [9.17, 15) is 8.42 Å². The maximum absolute atomic E-state index is 12.5. The fraction of sp³-hybridized carbons (Fsp3) is 0.364. The van der Waals surface area contributed by atoms with Crippen LogP contribution in [-0.2, 0) is 16.6 Å². The van der Waals surface area contributed by atoms with E-state index < -0.39 is 16.1 Å². The molecule has 1 atom stereocenters. The van der Waals surface area contributed by atoms with Gasteiger partial charge in [0.05, 0.1) is 10.9 Å². The third-order valence-corrected chi connectivity index (χ3v) is 5.77. The minimum Gasteiger partial charge on any atom is -0.326 e. The summed E-state index contributed by atoms with van der Waals surface area (Å²) in [5, 5.41) is 13.2. The maximum atomic E-state index is 12.5. The molecule has 0 fully saturated rings. The number of hydrogen-bond acceptors (Lipinski definition) is 6. The molecule has 0 amide bonds. The summed E-state index contributed by atoms with van der Waals surface area (Å²) < 4.78 is 28.0. The Morgan fingerprint density at radius 2 is 2.19 bits per heavy atom. The van der Waals surface area contributed by atoms with Gasteiger partial charge in [0.1, 0.15) is 0 Å². The van der Waals surface area contributed by atoms with Gasteiger partial charge in [-0.05, 0) is 47.0 Å². The Balaban J connectivity index is 2.38. The highest BCUT2D eigenvalue weighted by molar-refractivity contribution is 9.10. The fourth-order valence-corrected chi connectivity index (χ4v) is 4.09. The first-order chi connectivity index (χ1) is 9.85. The van der Waals surface area contributed by atoms with E-state index in [-0.39, 0.29) is 17.3 Å². The summed E-state index contributed by atoms with van der Waals surface area (Å²) in [6.45, 7) is 3.71. The molecule has 1 aromatic heterocycles. The maximum Gasteiger partial charge on any atom is 0.242 e. The number of halogens is 1. The number of benzene rings is 1. The monoisotopic (exact) mass is 374 g/mol. The summed E-state index contributed by atoms with van der Waals surface area (Å²) >= 11 is 3.31. The molecular weight excluding hydrogens is 360 g/mol. The van der Waals surface area contributed by atoms with Crippen molar-refractivity contribution in [1.29, 1.82) is 0 Å². The van der Waals surface area contributed by atoms with Crippen LogP contribution in [0.25, 0.3) is 0 Å². The number of H-pyrrole nitrogens is 1. The molecular formula is C11H15BrN6O2S. The van der Waals surface area contributed by atoms with Crippen molar-refractivity contribution >= 4 is 26.0 Å². The summed E-state index contributed by atoms with van der Waals surface area (Å²) in [4.78, 5) is 0.137. The summed E-state index contributed by atoms with van der Waals surface area (Å²) in [6, 6.07) is 2.77. The zero-order valence-corrected chi connectivity index (χ0v) is 13.9. The number of nitrogens with one attached hydrogen (secondary N) is 2. The molecule has 0 bridgehead atoms. The van der Waals surface area contributed by atoms with Crippen LogP contribution in [0.1, 0.15) is 29.9 Å². The molecule has 1 aromatic carbocycles. The lowest BCUT2D eigenvalue weighted by atomic mass is 10.1. The Labute approximate surface area is 130 Å². The van der Waals surface area contributed by atoms with Gasteiger partial charge in [0.2, 0.25) is 10.0 Å². The molecule has 0 aliphatic rings. The Bertz CT molecular complexity index is 731. The summed E-state index contributed by atoms with van der Waals surface area (Å²) in [5.41, 5.74) is 7.13. The first-order valence-electron chi connectivity index (χ1n) is 6.10. The van der Waals surface area contributed by atoms with E-state index in [2.05, 4.69) is 41.3 Å². The number of aryl methyl sites for hydroxylation is 1. The predicted octanol–water partition coefficient (Wildman–Crippen LogP) is 0.769. The SMILES string of the molecule is Cc1cc(CN)cc(S(=O)(=O)NC(C)c2nn[nH]n2)c1Br. The molecule has 4 N–H and O–H groups in total. The fourth-order valence-electron chi connectivity index (χ4n) is 1.82. The van der Waals surface area contributed by atoms with Crippen molar-refractivity contribution in [1.82, 2.24) is 25.3 Å². The molecule has 10 heteroatoms. The normalized spacial score (nSPS) is 13.3. The first-order valence-corrected chi connectivity index (χ1v) is 8.37. The van der Waals surface area contributed by atoms with Crippen LogP contribution < -0.4 is 10.5 Å². The molecule has 0 aliphatic carbocycles. The van der Waals surface area contributed by atoms with Crippen LogP contribution in [0.5, 0.6) is 0 Å². The van der Waals surface area contributed by atoms with Crippen molar-refractivity contribution in [2.45, 2.75) is 31.3 Å². The molecule has 1 unspecified atom stereocenters. The Morgan fingerprint density at radius 1 is 1.48 bits per heavy atom. The van der Waals surface area contributed by atoms with Crippen molar-refractivity contribution in [3.05, 3.63) is 33.6 Å². The van der Waals surface area contributed by atoms with Gasteiger partial charge in [-0.1, -0.05) is 11.3 Å². The van der Waals surface area contributed by atoms with Gasteiger partial charge in [-0.3, -0.25) is 0 Å². The van der Waals surface area contributed by atoms with Crippen molar-refractivity contribution in [3.63, 3.8) is 0 Å². The molecule has 2 aromatic rings. The zero-order valence-electron chi connectivity index (χ0n) is 11.5. The minimum absolute atomic E-state index is 0.137. The highest BCUT2D eigenvalue weighted by atomic mass is 79.9. The largest absolute Gasteiger partial charge is 0.326 e. The van der Waals surface area contributed by atoms with Gasteiger partial charge in [0, 0.05) is 11.0 Å². The number of hydrogen-bond donors (Lipinski definition) is 3. The second-order valence-electron chi connectivity index (χ2n) is 4.54. The van der Waals surface area contributed by atoms with Gasteiger partial charge in [-0.15, -0.1) is 10.2 Å². The number of nitrogens with two attached hydrogens (primary N) is 1. The van der Waals surface area contributed by atoms with Crippen LogP contribution in [-0.4, -0.2) is 29.0 Å². The van der Waals surface area contributed by atoms with E-state index in [4.69, 9.17) is 5.73 Å². The molecule has 2 rings (SSSR count). The van der Waals surface area contributed by atoms with Gasteiger partial charge in [0.25, 0.3) is 0 Å². The number of nitrogens with zero attached hydrogens (tertiary/aromatic N) is 3. The average Bonchev–Trinajstić information content (AvgIpc) is 2.95. The number of rotatable bonds is 5. The third-order valence-electron chi connectivity index (χ3n) is 2.89. The molecule has 0 saturated carbocycles. The second-order valence-corrected chi connectivity index (χ2v) is 7.02. The lowest BCUT2D eigenvalue weighted by Crippen LogP contribution is -2.28. The highest BCUT2D eigenvalue weighted by Gasteiger charge is 2.24. The van der Waals surface area contributed by atoms with Gasteiger partial charge < -0.3 is 5.73 Å². The Kier molecular flexibility index (Phi) is 4.71. The van der Waals surface area contributed by atoms with Crippen molar-refractivity contribution in [2.75, 3.05) is 0 Å². The van der Waals surface area contributed by atoms with E-state index in [1.165, 1.54) is 0 Å². The van der Waals surface area contributed by atoms with Gasteiger partial charge in [-0.25, -0.2) is 13.1 Å². The predicted molar refractivity (Wildman–Crippen MR) is 79.7 cm³/mol. The quantitative estimate of drug-likeness (QED) is 0.709. The molecule has 0 saturated heterocycles. The molecule has 0 spiro atoms. The van der Waals surface area contributed by atoms with Crippen molar-refractivity contribution < 1.29 is 8.42 Å². The van der Waals surface area contributed by atoms with Crippen LogP contribution >= 0.6 is 15.9 Å². The molecule has 21 heavy (non-hydrogen) atoms. The van der Waals surface area contributed by atoms with Crippen LogP contribution in [0, 0.1) is 6.92 Å². The average molecular weight is 375 g/mol. The highest BCUT2D eigenvalue weighted by Crippen LogP contribution is 2.28. The zero-order chi connectivity index (χ0) is 15.6. The Morgan fingerprint density at radius 3 is 2.76 bits per heavy atom. The number of sulfonamides is 1. The molecule has 8 nitrogen and oxygen atoms in total. The van der Waals surface area contributed by atoms with Crippen LogP contribution in [0.15, 0.2) is 21.5 Å². The third kappa shape index (κ3) is 3.46. The molecule has 1 heterocycles. The minimum atomic E-state index is -3.75. The van der Waals surface area contributed by atoms with E-state index in [1.807, 2.05) is 13.0 Å². The smallest absolute Gasteiger partial charge is 0.242 e. The Hall–Kier alpha value is -1.36. The summed E-state index contributed by atoms with van der Waals surface area (Å²) in [6.07, 6.45) is 0. The topological polar surface area (TPSA) is 127 Å². The van der Waals surface area contributed by atoms with E-state index in [0.717, 1.165) is 11.1 Å². The van der Waals surface area contributed by atoms with Crippen molar-refractivity contribution in [2.24, 2.45) is 5.73 Å². The molecule has 0 aliphatic heterocycles. The lowest BCUT2D eigenvalue weighted by Gasteiger charge is -2.14. The van der Waals surface area contributed by atoms with Gasteiger partial charge in [0.15, 0.2) is 5.82 Å². The van der Waals surface area contributed by atoms with Crippen LogP contribution in [0.4, 0.5) is 0 Å². The van der Waals surface area contributed by atoms with Gasteiger partial charge in [-0.2, -0.15) is 5.21 Å². The number of aromatic nitrogens is 4. The standard InChI is InChI=1S/C11H15BrN6O2S/c1-6-3-8(5-13)4-9(10(6)12)21(19,20)16-7(2)11-14-17-18-15-11/h3-4,7,16H,5,13H2,1-2H3,(H,14,15,17,18). The summed E-state index contributed by atoms with van der Waals surface area (Å²) in [7, 11) is -3.75. The summed E-state index contributed by atoms with van der Waals surface area (Å²) in [5.74, 6) is 0.265. The number of aromatic amines is 1. The molecule has 0 radical (unpaired) electrons. The number of tetrazole rings is 1. The van der Waals surface area contributed by atoms with Crippen molar-refractivity contribution in [3.8, 4) is 0 Å². The van der Waals surface area contributed by atoms with E-state index >= 15 is 0 Å². The van der Waals surface area contributed by atoms with Gasteiger partial charge >= 0.3 is 0 Å². The van der Waals surface area contributed by atoms with Crippen LogP contribution in [0.3, 0.4) is 0 Å². The second kappa shape index (κ2) is 6.18. The lowest BCUT2D eigenvalue weighted by molar-refractivity contribution is 0.559. The van der Waals surface area contributed by atoms with Crippen LogP contribution in [0.2, 0.25) is 0 Å². The first kappa shape index (κ1) is 16.0. The van der Waals surface area contributed by atoms with E-state index in [0.29, 0.717) is 4.47 Å². The molecule has 114 valence electrons.